The SMILES string of the molecule is OCCn1nnnc1SCc1ccc2ccccc2n1. The zero-order chi connectivity index (χ0) is 13.8. The number of tetrazole rings is 1. The Morgan fingerprint density at radius 3 is 2.95 bits per heavy atom. The van der Waals surface area contributed by atoms with Crippen LogP contribution in [0.15, 0.2) is 41.6 Å². The van der Waals surface area contributed by atoms with E-state index in [-0.39, 0.29) is 6.61 Å². The van der Waals surface area contributed by atoms with Gasteiger partial charge in [-0.3, -0.25) is 4.98 Å². The highest BCUT2D eigenvalue weighted by molar-refractivity contribution is 7.98. The van der Waals surface area contributed by atoms with Gasteiger partial charge in [-0.25, -0.2) is 4.68 Å². The van der Waals surface area contributed by atoms with Crippen molar-refractivity contribution in [1.82, 2.24) is 25.2 Å². The number of aliphatic hydroxyl groups excluding tert-OH is 1. The fourth-order valence-corrected chi connectivity index (χ4v) is 2.67. The van der Waals surface area contributed by atoms with Crippen molar-refractivity contribution in [2.45, 2.75) is 17.5 Å². The molecule has 0 aliphatic rings. The van der Waals surface area contributed by atoms with E-state index in [2.05, 4.69) is 26.6 Å². The second kappa shape index (κ2) is 5.98. The van der Waals surface area contributed by atoms with Crippen LogP contribution in [0.4, 0.5) is 0 Å². The number of fused-ring (bicyclic) bond motifs is 1. The molecule has 0 fully saturated rings. The van der Waals surface area contributed by atoms with Gasteiger partial charge in [0.05, 0.1) is 24.4 Å². The van der Waals surface area contributed by atoms with Crippen LogP contribution in [0, 0.1) is 0 Å². The van der Waals surface area contributed by atoms with Crippen LogP contribution in [0.25, 0.3) is 10.9 Å². The largest absolute Gasteiger partial charge is 0.394 e. The zero-order valence-corrected chi connectivity index (χ0v) is 11.5. The first-order valence-electron chi connectivity index (χ1n) is 6.21. The standard InChI is InChI=1S/C13H13N5OS/c19-8-7-18-13(15-16-17-18)20-9-11-6-5-10-3-1-2-4-12(10)14-11/h1-6,19H,7-9H2. The van der Waals surface area contributed by atoms with Crippen LogP contribution in [0.3, 0.4) is 0 Å². The minimum absolute atomic E-state index is 0.0207. The van der Waals surface area contributed by atoms with Gasteiger partial charge in [0, 0.05) is 11.1 Å². The molecule has 20 heavy (non-hydrogen) atoms. The molecule has 0 saturated carbocycles. The Bertz CT molecular complexity index is 715. The maximum Gasteiger partial charge on any atom is 0.209 e. The molecule has 1 N–H and O–H groups in total. The van der Waals surface area contributed by atoms with E-state index in [4.69, 9.17) is 5.11 Å². The van der Waals surface area contributed by atoms with Crippen LogP contribution in [-0.4, -0.2) is 36.9 Å². The van der Waals surface area contributed by atoms with Crippen LogP contribution in [0.1, 0.15) is 5.69 Å². The van der Waals surface area contributed by atoms with E-state index in [1.807, 2.05) is 30.3 Å². The molecule has 0 aliphatic heterocycles. The minimum Gasteiger partial charge on any atom is -0.394 e. The third-order valence-electron chi connectivity index (χ3n) is 2.82. The second-order valence-electron chi connectivity index (χ2n) is 4.19. The summed E-state index contributed by atoms with van der Waals surface area (Å²) in [6.45, 7) is 0.424. The van der Waals surface area contributed by atoms with Gasteiger partial charge < -0.3 is 5.11 Å². The second-order valence-corrected chi connectivity index (χ2v) is 5.13. The molecule has 0 unspecified atom stereocenters. The Balaban J connectivity index is 1.74. The van der Waals surface area contributed by atoms with Crippen molar-refractivity contribution >= 4 is 22.7 Å². The molecule has 0 aliphatic carbocycles. The zero-order valence-electron chi connectivity index (χ0n) is 10.7. The van der Waals surface area contributed by atoms with Crippen molar-refractivity contribution in [3.05, 3.63) is 42.1 Å². The molecule has 0 amide bonds. The first-order chi connectivity index (χ1) is 9.86. The van der Waals surface area contributed by atoms with E-state index < -0.39 is 0 Å². The molecule has 1 aromatic carbocycles. The van der Waals surface area contributed by atoms with Gasteiger partial charge in [-0.1, -0.05) is 36.0 Å². The van der Waals surface area contributed by atoms with Crippen molar-refractivity contribution < 1.29 is 5.11 Å². The number of hydrogen-bond acceptors (Lipinski definition) is 6. The Morgan fingerprint density at radius 2 is 2.05 bits per heavy atom. The number of aliphatic hydroxyl groups is 1. The highest BCUT2D eigenvalue weighted by atomic mass is 32.2. The van der Waals surface area contributed by atoms with Crippen LogP contribution in [-0.2, 0) is 12.3 Å². The predicted molar refractivity (Wildman–Crippen MR) is 76.2 cm³/mol. The van der Waals surface area contributed by atoms with E-state index in [1.54, 1.807) is 4.68 Å². The monoisotopic (exact) mass is 287 g/mol. The van der Waals surface area contributed by atoms with Gasteiger partial charge in [-0.05, 0) is 22.6 Å². The summed E-state index contributed by atoms with van der Waals surface area (Å²) < 4.78 is 1.59. The summed E-state index contributed by atoms with van der Waals surface area (Å²) in [6, 6.07) is 12.1. The third-order valence-corrected chi connectivity index (χ3v) is 3.81. The first-order valence-corrected chi connectivity index (χ1v) is 7.20. The minimum atomic E-state index is 0.0207. The summed E-state index contributed by atoms with van der Waals surface area (Å²) in [6.07, 6.45) is 0. The van der Waals surface area contributed by atoms with E-state index in [0.29, 0.717) is 17.5 Å². The molecular weight excluding hydrogens is 274 g/mol. The fraction of sp³-hybridized carbons (Fsp3) is 0.231. The first kappa shape index (κ1) is 13.0. The van der Waals surface area contributed by atoms with Crippen molar-refractivity contribution in [3.8, 4) is 0 Å². The normalized spacial score (nSPS) is 11.1. The molecule has 0 bridgehead atoms. The number of thioether (sulfide) groups is 1. The van der Waals surface area contributed by atoms with Gasteiger partial charge in [0.15, 0.2) is 0 Å². The Kier molecular flexibility index (Phi) is 3.89. The number of nitrogens with zero attached hydrogens (tertiary/aromatic N) is 5. The summed E-state index contributed by atoms with van der Waals surface area (Å²) in [5.41, 5.74) is 1.97. The number of aromatic nitrogens is 5. The quantitative estimate of drug-likeness (QED) is 0.717. The van der Waals surface area contributed by atoms with Gasteiger partial charge >= 0.3 is 0 Å². The van der Waals surface area contributed by atoms with Crippen molar-refractivity contribution in [2.75, 3.05) is 6.61 Å². The Hall–Kier alpha value is -1.99. The highest BCUT2D eigenvalue weighted by Gasteiger charge is 2.07. The van der Waals surface area contributed by atoms with E-state index >= 15 is 0 Å². The van der Waals surface area contributed by atoms with Gasteiger partial charge in [0.1, 0.15) is 0 Å². The number of para-hydroxylation sites is 1. The predicted octanol–water partition coefficient (Wildman–Crippen LogP) is 1.51. The molecule has 3 aromatic rings. The van der Waals surface area contributed by atoms with E-state index in [9.17, 15) is 0 Å². The third kappa shape index (κ3) is 2.78. The molecule has 2 aromatic heterocycles. The van der Waals surface area contributed by atoms with Gasteiger partial charge in [-0.2, -0.15) is 0 Å². The lowest BCUT2D eigenvalue weighted by Crippen LogP contribution is -2.05. The molecule has 0 saturated heterocycles. The van der Waals surface area contributed by atoms with E-state index in [1.165, 1.54) is 11.8 Å². The molecule has 6 nitrogen and oxygen atoms in total. The molecule has 3 rings (SSSR count). The summed E-state index contributed by atoms with van der Waals surface area (Å²) in [5.74, 6) is 0.691. The number of hydrogen-bond donors (Lipinski definition) is 1. The van der Waals surface area contributed by atoms with Gasteiger partial charge in [0.2, 0.25) is 5.16 Å². The van der Waals surface area contributed by atoms with Crippen molar-refractivity contribution in [1.29, 1.82) is 0 Å². The van der Waals surface area contributed by atoms with Gasteiger partial charge in [-0.15, -0.1) is 5.10 Å². The van der Waals surface area contributed by atoms with Crippen LogP contribution in [0.5, 0.6) is 0 Å². The average molecular weight is 287 g/mol. The summed E-state index contributed by atoms with van der Waals surface area (Å²) in [4.78, 5) is 4.60. The highest BCUT2D eigenvalue weighted by Crippen LogP contribution is 2.20. The lowest BCUT2D eigenvalue weighted by molar-refractivity contribution is 0.262. The van der Waals surface area contributed by atoms with Gasteiger partial charge in [0.25, 0.3) is 0 Å². The molecule has 7 heteroatoms. The molecular formula is C13H13N5OS. The molecule has 0 spiro atoms. The smallest absolute Gasteiger partial charge is 0.209 e. The molecule has 2 heterocycles. The van der Waals surface area contributed by atoms with Crippen LogP contribution >= 0.6 is 11.8 Å². The van der Waals surface area contributed by atoms with Crippen LogP contribution in [0.2, 0.25) is 0 Å². The Morgan fingerprint density at radius 1 is 1.15 bits per heavy atom. The topological polar surface area (TPSA) is 76.7 Å². The van der Waals surface area contributed by atoms with E-state index in [0.717, 1.165) is 16.6 Å². The number of pyridine rings is 1. The number of rotatable bonds is 5. The lowest BCUT2D eigenvalue weighted by atomic mass is 10.2. The maximum atomic E-state index is 8.93. The Labute approximate surface area is 119 Å². The summed E-state index contributed by atoms with van der Waals surface area (Å²) >= 11 is 1.51. The lowest BCUT2D eigenvalue weighted by Gasteiger charge is -2.03. The van der Waals surface area contributed by atoms with Crippen molar-refractivity contribution in [3.63, 3.8) is 0 Å². The summed E-state index contributed by atoms with van der Waals surface area (Å²) in [7, 11) is 0. The molecule has 0 radical (unpaired) electrons. The van der Waals surface area contributed by atoms with Crippen molar-refractivity contribution in [2.24, 2.45) is 0 Å². The summed E-state index contributed by atoms with van der Waals surface area (Å²) in [5, 5.41) is 22.1. The number of benzene rings is 1. The maximum absolute atomic E-state index is 8.93. The average Bonchev–Trinajstić information content (AvgIpc) is 2.93. The fourth-order valence-electron chi connectivity index (χ4n) is 1.86. The molecule has 0 atom stereocenters. The van der Waals surface area contributed by atoms with Crippen LogP contribution < -0.4 is 0 Å². The molecule has 102 valence electrons.